The van der Waals surface area contributed by atoms with Crippen molar-refractivity contribution in [1.82, 2.24) is 9.13 Å². The van der Waals surface area contributed by atoms with Gasteiger partial charge in [-0.2, -0.15) is 5.26 Å². The van der Waals surface area contributed by atoms with Crippen LogP contribution in [0.1, 0.15) is 5.56 Å². The van der Waals surface area contributed by atoms with Crippen LogP contribution in [0.5, 0.6) is 0 Å². The quantitative estimate of drug-likeness (QED) is 0.156. The number of benzene rings is 12. The molecule has 0 bridgehead atoms. The number of rotatable bonds is 6. The van der Waals surface area contributed by atoms with E-state index in [4.69, 9.17) is 8.83 Å². The third-order valence-corrected chi connectivity index (χ3v) is 17.9. The smallest absolute Gasteiger partial charge is 0.220 e. The Morgan fingerprint density at radius 1 is 0.370 bits per heavy atom. The Morgan fingerprint density at radius 2 is 0.840 bits per heavy atom. The van der Waals surface area contributed by atoms with Crippen LogP contribution >= 0.6 is 11.3 Å². The summed E-state index contributed by atoms with van der Waals surface area (Å²) < 4.78 is 21.1. The van der Waals surface area contributed by atoms with Gasteiger partial charge in [-0.05, 0) is 58.1 Å². The molecule has 0 atom stereocenters. The van der Waals surface area contributed by atoms with E-state index in [0.717, 1.165) is 125 Å². The molecule has 0 spiro atoms. The minimum absolute atomic E-state index is 0.329. The average molecular weight is 1050 g/mol. The molecule has 0 amide bonds. The number of para-hydroxylation sites is 3. The number of fused-ring (bicyclic) bond motifs is 18. The van der Waals surface area contributed by atoms with Gasteiger partial charge in [0, 0.05) is 75.3 Å². The topological polar surface area (TPSA) is 64.3 Å². The lowest BCUT2D eigenvalue weighted by atomic mass is 9.88. The van der Waals surface area contributed by atoms with Crippen LogP contribution in [-0.4, -0.2) is 9.13 Å². The molecule has 12 aromatic carbocycles. The second-order valence-electron chi connectivity index (χ2n) is 20.7. The summed E-state index contributed by atoms with van der Waals surface area (Å²) in [5, 5.41) is 22.4. The largest absolute Gasteiger partial charge is 0.454 e. The van der Waals surface area contributed by atoms with Crippen molar-refractivity contribution >= 4 is 125 Å². The number of nitrogens with zero attached hydrogens (tertiary/aromatic N) is 4. The highest BCUT2D eigenvalue weighted by Crippen LogP contribution is 2.55. The standard InChI is InChI=1S/C74H40N4O2S/c1-76-65-63(44-22-7-3-8-23-44)59(42-75)66(77-60-33-16-13-28-48(60)51-38-41-58-57-32-19-31-56(73(57)81-74(58)69(51)77)47-27-12-11-26-46(47)43-20-5-2-6-21-43)64(45-24-9-4-10-25-45)70(65)78-67-52(36-39-54-49-29-14-17-34-61(49)79-71(54)67)53-37-40-55-50-30-15-18-35-62(50)80-72(55)68(53)78/h2-41H. The molecule has 0 fully saturated rings. The molecule has 374 valence electrons. The lowest BCUT2D eigenvalue weighted by molar-refractivity contribution is 0.669. The van der Waals surface area contributed by atoms with Gasteiger partial charge in [0.1, 0.15) is 17.2 Å². The van der Waals surface area contributed by atoms with Crippen molar-refractivity contribution in [3.63, 3.8) is 0 Å². The second kappa shape index (κ2) is 17.3. The fourth-order valence-electron chi connectivity index (χ4n) is 13.2. The van der Waals surface area contributed by atoms with Crippen LogP contribution in [0, 0.1) is 17.9 Å². The fraction of sp³-hybridized carbons (Fsp3) is 0. The summed E-state index contributed by atoms with van der Waals surface area (Å²) in [5.74, 6) is 0. The predicted molar refractivity (Wildman–Crippen MR) is 335 cm³/mol. The SMILES string of the molecule is [C-]#[N+]c1c(-c2ccccc2)c(C#N)c(-n2c3ccccc3c3ccc4c5cccc(-c6ccccc6-c6ccccc6)c5sc4c32)c(-c2ccccc2)c1-n1c2c(ccc3c4ccccc4oc32)c2ccc3c4ccccc4oc3c21. The maximum absolute atomic E-state index is 12.3. The molecule has 0 saturated heterocycles. The Balaban J connectivity index is 1.11. The summed E-state index contributed by atoms with van der Waals surface area (Å²) in [5.41, 5.74) is 15.9. The first-order valence-corrected chi connectivity index (χ1v) is 27.8. The van der Waals surface area contributed by atoms with Crippen molar-refractivity contribution in [1.29, 1.82) is 5.26 Å². The number of aromatic nitrogens is 2. The van der Waals surface area contributed by atoms with Crippen LogP contribution < -0.4 is 0 Å². The van der Waals surface area contributed by atoms with Gasteiger partial charge in [-0.15, -0.1) is 11.3 Å². The minimum Gasteiger partial charge on any atom is -0.454 e. The Bertz CT molecular complexity index is 5480. The molecule has 81 heavy (non-hydrogen) atoms. The van der Waals surface area contributed by atoms with Gasteiger partial charge in [-0.25, -0.2) is 4.85 Å². The lowest BCUT2D eigenvalue weighted by Crippen LogP contribution is -2.09. The average Bonchev–Trinajstić information content (AvgIpc) is 2.92. The minimum atomic E-state index is 0.329. The Kier molecular flexibility index (Phi) is 9.62. The van der Waals surface area contributed by atoms with E-state index in [1.165, 1.54) is 10.3 Å². The van der Waals surface area contributed by atoms with E-state index in [-0.39, 0.29) is 0 Å². The maximum Gasteiger partial charge on any atom is 0.220 e. The zero-order chi connectivity index (χ0) is 53.4. The van der Waals surface area contributed by atoms with Gasteiger partial charge in [0.25, 0.3) is 0 Å². The molecule has 7 heteroatoms. The second-order valence-corrected chi connectivity index (χ2v) is 21.7. The number of thiophene rings is 1. The summed E-state index contributed by atoms with van der Waals surface area (Å²) in [6.07, 6.45) is 0. The van der Waals surface area contributed by atoms with Gasteiger partial charge in [-0.1, -0.05) is 212 Å². The molecule has 0 radical (unpaired) electrons. The Morgan fingerprint density at radius 3 is 1.46 bits per heavy atom. The van der Waals surface area contributed by atoms with E-state index in [9.17, 15) is 11.8 Å². The zero-order valence-electron chi connectivity index (χ0n) is 43.1. The molecule has 0 N–H and O–H groups in total. The van der Waals surface area contributed by atoms with Crippen LogP contribution in [0.15, 0.2) is 251 Å². The van der Waals surface area contributed by atoms with Gasteiger partial charge in [0.2, 0.25) is 5.69 Å². The number of furan rings is 2. The Labute approximate surface area is 466 Å². The molecule has 5 aromatic heterocycles. The molecule has 0 saturated carbocycles. The normalized spacial score (nSPS) is 11.9. The third kappa shape index (κ3) is 6.29. The highest BCUT2D eigenvalue weighted by molar-refractivity contribution is 7.27. The highest BCUT2D eigenvalue weighted by atomic mass is 32.1. The van der Waals surface area contributed by atoms with Crippen molar-refractivity contribution in [2.75, 3.05) is 0 Å². The zero-order valence-corrected chi connectivity index (χ0v) is 43.9. The van der Waals surface area contributed by atoms with Crippen molar-refractivity contribution in [2.24, 2.45) is 0 Å². The molecule has 17 rings (SSSR count). The molecule has 6 nitrogen and oxygen atoms in total. The highest BCUT2D eigenvalue weighted by Gasteiger charge is 2.34. The number of hydrogen-bond acceptors (Lipinski definition) is 4. The molecule has 0 unspecified atom stereocenters. The molecular weight excluding hydrogens is 1010 g/mol. The van der Waals surface area contributed by atoms with E-state index in [1.807, 2.05) is 84.9 Å². The monoisotopic (exact) mass is 1050 g/mol. The molecule has 0 aliphatic rings. The molecule has 17 aromatic rings. The summed E-state index contributed by atoms with van der Waals surface area (Å²) in [6.45, 7) is 9.61. The molecular formula is C74H40N4O2S. The summed E-state index contributed by atoms with van der Waals surface area (Å²) in [4.78, 5) is 4.66. The summed E-state index contributed by atoms with van der Waals surface area (Å²) >= 11 is 1.79. The first-order valence-electron chi connectivity index (χ1n) is 27.0. The Hall–Kier alpha value is -11.0. The van der Waals surface area contributed by atoms with Gasteiger partial charge in [0.15, 0.2) is 11.2 Å². The molecule has 0 aliphatic carbocycles. The van der Waals surface area contributed by atoms with Gasteiger partial charge >= 0.3 is 0 Å². The van der Waals surface area contributed by atoms with Crippen LogP contribution in [0.4, 0.5) is 5.69 Å². The number of nitriles is 1. The van der Waals surface area contributed by atoms with Crippen LogP contribution in [0.3, 0.4) is 0 Å². The van der Waals surface area contributed by atoms with Crippen molar-refractivity contribution < 1.29 is 8.83 Å². The number of hydrogen-bond donors (Lipinski definition) is 0. The molecule has 0 aliphatic heterocycles. The first kappa shape index (κ1) is 45.1. The summed E-state index contributed by atoms with van der Waals surface area (Å²) in [7, 11) is 0. The van der Waals surface area contributed by atoms with E-state index in [0.29, 0.717) is 39.4 Å². The van der Waals surface area contributed by atoms with Gasteiger partial charge in [-0.3, -0.25) is 0 Å². The van der Waals surface area contributed by atoms with E-state index >= 15 is 0 Å². The lowest BCUT2D eigenvalue weighted by Gasteiger charge is -2.25. The van der Waals surface area contributed by atoms with Crippen molar-refractivity contribution in [3.05, 3.63) is 260 Å². The maximum atomic E-state index is 12.3. The van der Waals surface area contributed by atoms with E-state index in [1.54, 1.807) is 11.3 Å². The van der Waals surface area contributed by atoms with Gasteiger partial charge < -0.3 is 18.0 Å². The third-order valence-electron chi connectivity index (χ3n) is 16.6. The fourth-order valence-corrected chi connectivity index (χ4v) is 14.6. The molecule has 5 heterocycles. The van der Waals surface area contributed by atoms with E-state index in [2.05, 4.69) is 178 Å². The van der Waals surface area contributed by atoms with Crippen LogP contribution in [0.25, 0.3) is 168 Å². The van der Waals surface area contributed by atoms with Crippen molar-refractivity contribution in [2.45, 2.75) is 0 Å². The van der Waals surface area contributed by atoms with E-state index < -0.39 is 0 Å². The predicted octanol–water partition coefficient (Wildman–Crippen LogP) is 21.1. The summed E-state index contributed by atoms with van der Waals surface area (Å²) in [6, 6.07) is 87.2. The first-order chi connectivity index (χ1) is 40.2. The van der Waals surface area contributed by atoms with Gasteiger partial charge in [0.05, 0.1) is 50.3 Å². The van der Waals surface area contributed by atoms with Crippen LogP contribution in [-0.2, 0) is 0 Å². The van der Waals surface area contributed by atoms with Crippen LogP contribution in [0.2, 0.25) is 0 Å². The van der Waals surface area contributed by atoms with Crippen molar-refractivity contribution in [3.8, 4) is 62.0 Å².